The van der Waals surface area contributed by atoms with E-state index in [1.54, 1.807) is 12.1 Å². The summed E-state index contributed by atoms with van der Waals surface area (Å²) < 4.78 is 13.4. The predicted octanol–water partition coefficient (Wildman–Crippen LogP) is 7.09. The first-order valence-corrected chi connectivity index (χ1v) is 10.9. The number of aromatic nitrogens is 1. The van der Waals surface area contributed by atoms with Crippen molar-refractivity contribution in [3.63, 3.8) is 0 Å². The van der Waals surface area contributed by atoms with E-state index < -0.39 is 0 Å². The summed E-state index contributed by atoms with van der Waals surface area (Å²) in [6.45, 7) is 8.69. The van der Waals surface area contributed by atoms with Gasteiger partial charge in [-0.2, -0.15) is 0 Å². The molecule has 1 amide bonds. The second-order valence-corrected chi connectivity index (χ2v) is 9.73. The van der Waals surface area contributed by atoms with Crippen molar-refractivity contribution in [3.05, 3.63) is 59.7 Å². The smallest absolute Gasteiger partial charge is 0.224 e. The minimum Gasteiger partial charge on any atom is -0.331 e. The lowest BCUT2D eigenvalue weighted by Crippen LogP contribution is -2.18. The number of amides is 1. The zero-order chi connectivity index (χ0) is 21.7. The third-order valence-electron chi connectivity index (χ3n) is 4.52. The van der Waals surface area contributed by atoms with Crippen LogP contribution in [0.4, 0.5) is 20.9 Å². The third-order valence-corrected chi connectivity index (χ3v) is 5.27. The number of hydrogen-bond acceptors (Lipinski definition) is 4. The number of nitrogens with one attached hydrogen (secondary N) is 2. The minimum absolute atomic E-state index is 0.0237. The lowest BCUT2D eigenvalue weighted by molar-refractivity contribution is -0.117. The Bertz CT molecular complexity index is 1010. The van der Waals surface area contributed by atoms with Gasteiger partial charge in [-0.1, -0.05) is 45.9 Å². The fourth-order valence-electron chi connectivity index (χ4n) is 3.56. The van der Waals surface area contributed by atoms with Crippen molar-refractivity contribution in [2.45, 2.75) is 40.5 Å². The molecule has 0 radical (unpaired) electrons. The van der Waals surface area contributed by atoms with Gasteiger partial charge in [0, 0.05) is 28.7 Å². The summed E-state index contributed by atoms with van der Waals surface area (Å²) in [7, 11) is 0. The maximum atomic E-state index is 13.4. The molecule has 0 spiro atoms. The first-order valence-electron chi connectivity index (χ1n) is 10.1. The lowest BCUT2D eigenvalue weighted by atomic mass is 9.84. The number of hydrogen-bond donors (Lipinski definition) is 2. The van der Waals surface area contributed by atoms with E-state index in [2.05, 4.69) is 43.3 Å². The maximum Gasteiger partial charge on any atom is 0.224 e. The van der Waals surface area contributed by atoms with E-state index in [-0.39, 0.29) is 17.1 Å². The van der Waals surface area contributed by atoms with Gasteiger partial charge in [-0.05, 0) is 48.1 Å². The van der Waals surface area contributed by atoms with Crippen molar-refractivity contribution in [2.24, 2.45) is 11.3 Å². The van der Waals surface area contributed by atoms with Gasteiger partial charge in [-0.15, -0.1) is 11.3 Å². The fraction of sp³-hybridized carbons (Fsp3) is 0.333. The Kier molecular flexibility index (Phi) is 6.87. The molecule has 1 aromatic heterocycles. The van der Waals surface area contributed by atoms with E-state index in [9.17, 15) is 9.18 Å². The Balaban J connectivity index is 1.64. The van der Waals surface area contributed by atoms with Crippen molar-refractivity contribution >= 4 is 33.8 Å². The molecule has 1 atom stereocenters. The van der Waals surface area contributed by atoms with Crippen LogP contribution >= 0.6 is 11.3 Å². The fourth-order valence-corrected chi connectivity index (χ4v) is 4.30. The van der Waals surface area contributed by atoms with Gasteiger partial charge in [0.1, 0.15) is 5.82 Å². The van der Waals surface area contributed by atoms with Crippen LogP contribution in [0.2, 0.25) is 0 Å². The van der Waals surface area contributed by atoms with Crippen LogP contribution in [-0.4, -0.2) is 10.9 Å². The summed E-state index contributed by atoms with van der Waals surface area (Å²) >= 11 is 1.45. The molecule has 0 unspecified atom stereocenters. The van der Waals surface area contributed by atoms with E-state index in [1.165, 1.54) is 23.5 Å². The molecule has 3 aromatic rings. The third kappa shape index (κ3) is 6.66. The minimum atomic E-state index is -0.294. The van der Waals surface area contributed by atoms with E-state index in [1.807, 2.05) is 29.6 Å². The molecule has 4 nitrogen and oxygen atoms in total. The van der Waals surface area contributed by atoms with Crippen LogP contribution in [0.25, 0.3) is 11.3 Å². The zero-order valence-electron chi connectivity index (χ0n) is 17.8. The highest BCUT2D eigenvalue weighted by Crippen LogP contribution is 2.29. The average molecular weight is 426 g/mol. The lowest BCUT2D eigenvalue weighted by Gasteiger charge is -2.22. The van der Waals surface area contributed by atoms with Crippen LogP contribution in [0.3, 0.4) is 0 Å². The number of benzene rings is 2. The summed E-state index contributed by atoms with van der Waals surface area (Å²) in [5.74, 6) is 0.0517. The van der Waals surface area contributed by atoms with Crippen LogP contribution in [0.1, 0.15) is 40.5 Å². The zero-order valence-corrected chi connectivity index (χ0v) is 18.6. The van der Waals surface area contributed by atoms with Gasteiger partial charge in [-0.25, -0.2) is 9.37 Å². The Hall–Kier alpha value is -2.73. The molecule has 2 N–H and O–H groups in total. The molecule has 0 aliphatic rings. The average Bonchev–Trinajstić information content (AvgIpc) is 3.08. The van der Waals surface area contributed by atoms with Crippen molar-refractivity contribution < 1.29 is 9.18 Å². The predicted molar refractivity (Wildman–Crippen MR) is 124 cm³/mol. The van der Waals surface area contributed by atoms with Gasteiger partial charge in [-0.3, -0.25) is 4.79 Å². The van der Waals surface area contributed by atoms with E-state index in [0.717, 1.165) is 23.4 Å². The Morgan fingerprint density at radius 3 is 2.60 bits per heavy atom. The van der Waals surface area contributed by atoms with Gasteiger partial charge in [0.15, 0.2) is 5.13 Å². The topological polar surface area (TPSA) is 54.0 Å². The summed E-state index contributed by atoms with van der Waals surface area (Å²) in [6, 6.07) is 13.9. The van der Waals surface area contributed by atoms with Crippen LogP contribution in [-0.2, 0) is 4.79 Å². The molecule has 158 valence electrons. The van der Waals surface area contributed by atoms with Crippen molar-refractivity contribution in [1.82, 2.24) is 4.98 Å². The molecule has 0 bridgehead atoms. The number of thiazole rings is 1. The summed E-state index contributed by atoms with van der Waals surface area (Å²) in [5.41, 5.74) is 3.34. The Labute approximate surface area is 181 Å². The number of anilines is 3. The van der Waals surface area contributed by atoms with Crippen LogP contribution in [0.15, 0.2) is 53.9 Å². The van der Waals surface area contributed by atoms with Crippen LogP contribution < -0.4 is 10.6 Å². The largest absolute Gasteiger partial charge is 0.331 e. The molecule has 0 saturated carbocycles. The molecule has 30 heavy (non-hydrogen) atoms. The molecule has 0 aliphatic heterocycles. The normalized spacial score (nSPS) is 12.4. The van der Waals surface area contributed by atoms with E-state index in [4.69, 9.17) is 0 Å². The highest BCUT2D eigenvalue weighted by Gasteiger charge is 2.18. The standard InChI is InChI=1S/C24H28FN3OS/c1-16(14-24(2,3)4)11-22(29)26-19-9-5-7-17(12-19)21-15-30-23(28-21)27-20-10-6-8-18(25)13-20/h5-10,12-13,15-16H,11,14H2,1-4H3,(H,26,29)(H,27,28)/t16-/m1/s1. The van der Waals surface area contributed by atoms with Crippen molar-refractivity contribution in [2.75, 3.05) is 10.6 Å². The monoisotopic (exact) mass is 425 g/mol. The number of rotatable bonds is 7. The molecular formula is C24H28FN3OS. The summed E-state index contributed by atoms with van der Waals surface area (Å²) in [5, 5.41) is 8.74. The first kappa shape index (κ1) is 22.0. The maximum absolute atomic E-state index is 13.4. The van der Waals surface area contributed by atoms with Gasteiger partial charge < -0.3 is 10.6 Å². The van der Waals surface area contributed by atoms with Crippen LogP contribution in [0.5, 0.6) is 0 Å². The molecule has 2 aromatic carbocycles. The first-order chi connectivity index (χ1) is 14.2. The number of carbonyl (C=O) groups excluding carboxylic acids is 1. The molecule has 0 fully saturated rings. The molecule has 1 heterocycles. The van der Waals surface area contributed by atoms with E-state index >= 15 is 0 Å². The van der Waals surface area contributed by atoms with Gasteiger partial charge in [0.05, 0.1) is 5.69 Å². The van der Waals surface area contributed by atoms with Crippen molar-refractivity contribution in [3.8, 4) is 11.3 Å². The summed E-state index contributed by atoms with van der Waals surface area (Å²) in [6.07, 6.45) is 1.50. The molecule has 0 aliphatic carbocycles. The highest BCUT2D eigenvalue weighted by atomic mass is 32.1. The van der Waals surface area contributed by atoms with Gasteiger partial charge in [0.2, 0.25) is 5.91 Å². The molecular weight excluding hydrogens is 397 g/mol. The second kappa shape index (κ2) is 9.39. The Morgan fingerprint density at radius 2 is 1.87 bits per heavy atom. The quantitative estimate of drug-likeness (QED) is 0.425. The molecule has 3 rings (SSSR count). The second-order valence-electron chi connectivity index (χ2n) is 8.88. The number of halogens is 1. The SMILES string of the molecule is C[C@H](CC(=O)Nc1cccc(-c2csc(Nc3cccc(F)c3)n2)c1)CC(C)(C)C. The number of nitrogens with zero attached hydrogens (tertiary/aromatic N) is 1. The number of carbonyl (C=O) groups is 1. The summed E-state index contributed by atoms with van der Waals surface area (Å²) in [4.78, 5) is 17.0. The molecule has 0 saturated heterocycles. The molecule has 6 heteroatoms. The van der Waals surface area contributed by atoms with Crippen LogP contribution in [0, 0.1) is 17.2 Å². The van der Waals surface area contributed by atoms with Gasteiger partial charge in [0.25, 0.3) is 0 Å². The van der Waals surface area contributed by atoms with Crippen molar-refractivity contribution in [1.29, 1.82) is 0 Å². The van der Waals surface area contributed by atoms with Gasteiger partial charge >= 0.3 is 0 Å². The Morgan fingerprint density at radius 1 is 1.13 bits per heavy atom. The van der Waals surface area contributed by atoms with E-state index in [0.29, 0.717) is 23.2 Å². The highest BCUT2D eigenvalue weighted by molar-refractivity contribution is 7.14.